The van der Waals surface area contributed by atoms with Gasteiger partial charge in [-0.05, 0) is 20.8 Å². The van der Waals surface area contributed by atoms with Gasteiger partial charge in [0.05, 0.1) is 24.6 Å². The summed E-state index contributed by atoms with van der Waals surface area (Å²) in [6.45, 7) is 8.10. The average molecular weight is 269 g/mol. The van der Waals surface area contributed by atoms with Gasteiger partial charge in [0.25, 0.3) is 0 Å². The van der Waals surface area contributed by atoms with Crippen molar-refractivity contribution in [3.8, 4) is 0 Å². The molecule has 1 rings (SSSR count). The lowest BCUT2D eigenvalue weighted by Crippen LogP contribution is -2.28. The van der Waals surface area contributed by atoms with Crippen LogP contribution in [0.3, 0.4) is 0 Å². The molecule has 0 amide bonds. The lowest BCUT2D eigenvalue weighted by molar-refractivity contribution is 0.0524. The topological polar surface area (TPSA) is 65.4 Å². The molecule has 108 valence electrons. The van der Waals surface area contributed by atoms with Crippen LogP contribution in [0.25, 0.3) is 0 Å². The van der Waals surface area contributed by atoms with Gasteiger partial charge >= 0.3 is 5.97 Å². The summed E-state index contributed by atoms with van der Waals surface area (Å²) in [5.74, 6) is -0.328. The maximum Gasteiger partial charge on any atom is 0.341 e. The number of carbonyl (C=O) groups is 1. The first-order valence-corrected chi connectivity index (χ1v) is 6.60. The van der Waals surface area contributed by atoms with Gasteiger partial charge in [-0.15, -0.1) is 0 Å². The third kappa shape index (κ3) is 4.65. The molecular weight excluding hydrogens is 246 g/mol. The van der Waals surface area contributed by atoms with E-state index in [1.807, 2.05) is 20.9 Å². The highest BCUT2D eigenvalue weighted by Crippen LogP contribution is 2.09. The van der Waals surface area contributed by atoms with Gasteiger partial charge in [0, 0.05) is 26.7 Å². The first-order chi connectivity index (χ1) is 9.10. The molecule has 0 spiro atoms. The second-order valence-electron chi connectivity index (χ2n) is 4.25. The first kappa shape index (κ1) is 15.7. The van der Waals surface area contributed by atoms with E-state index in [1.165, 1.54) is 0 Å². The predicted octanol–water partition coefficient (Wildman–Crippen LogP) is 1.11. The van der Waals surface area contributed by atoms with Gasteiger partial charge in [-0.3, -0.25) is 4.68 Å². The summed E-state index contributed by atoms with van der Waals surface area (Å²) in [4.78, 5) is 11.8. The molecule has 0 bridgehead atoms. The number of aromatic nitrogens is 2. The van der Waals surface area contributed by atoms with Crippen LogP contribution >= 0.6 is 0 Å². The number of rotatable bonds is 8. The largest absolute Gasteiger partial charge is 0.462 e. The lowest BCUT2D eigenvalue weighted by Gasteiger charge is -2.13. The van der Waals surface area contributed by atoms with Gasteiger partial charge in [-0.1, -0.05) is 0 Å². The molecule has 19 heavy (non-hydrogen) atoms. The second kappa shape index (κ2) is 7.91. The summed E-state index contributed by atoms with van der Waals surface area (Å²) in [7, 11) is 1.81. The maximum absolute atomic E-state index is 11.8. The van der Waals surface area contributed by atoms with E-state index < -0.39 is 0 Å². The Kier molecular flexibility index (Phi) is 6.52. The predicted molar refractivity (Wildman–Crippen MR) is 72.0 cm³/mol. The van der Waals surface area contributed by atoms with E-state index in [4.69, 9.17) is 9.47 Å². The Morgan fingerprint density at radius 2 is 2.21 bits per heavy atom. The van der Waals surface area contributed by atoms with Crippen molar-refractivity contribution >= 4 is 5.97 Å². The van der Waals surface area contributed by atoms with Crippen LogP contribution in [-0.2, 0) is 23.1 Å². The van der Waals surface area contributed by atoms with E-state index in [0.29, 0.717) is 25.3 Å². The van der Waals surface area contributed by atoms with Gasteiger partial charge in [0.2, 0.25) is 0 Å². The normalized spacial score (nSPS) is 12.4. The third-order valence-corrected chi connectivity index (χ3v) is 2.73. The summed E-state index contributed by atoms with van der Waals surface area (Å²) < 4.78 is 12.1. The van der Waals surface area contributed by atoms with Crippen molar-refractivity contribution in [1.29, 1.82) is 0 Å². The van der Waals surface area contributed by atoms with Crippen molar-refractivity contribution in [3.05, 3.63) is 17.5 Å². The molecule has 0 saturated carbocycles. The molecular formula is C13H23N3O3. The van der Waals surface area contributed by atoms with Crippen molar-refractivity contribution < 1.29 is 14.3 Å². The van der Waals surface area contributed by atoms with Crippen LogP contribution in [0.1, 0.15) is 36.8 Å². The Labute approximate surface area is 114 Å². The second-order valence-corrected chi connectivity index (χ2v) is 4.25. The minimum atomic E-state index is -0.328. The minimum Gasteiger partial charge on any atom is -0.462 e. The Bertz CT molecular complexity index is 404. The smallest absolute Gasteiger partial charge is 0.341 e. The summed E-state index contributed by atoms with van der Waals surface area (Å²) in [5, 5.41) is 7.36. The highest BCUT2D eigenvalue weighted by molar-refractivity contribution is 5.90. The summed E-state index contributed by atoms with van der Waals surface area (Å²) >= 11 is 0. The molecule has 1 aromatic heterocycles. The molecule has 0 saturated heterocycles. The van der Waals surface area contributed by atoms with Gasteiger partial charge in [0.15, 0.2) is 0 Å². The molecule has 1 aromatic rings. The number of carbonyl (C=O) groups excluding carboxylic acids is 1. The number of hydrogen-bond acceptors (Lipinski definition) is 5. The Hall–Kier alpha value is -1.40. The van der Waals surface area contributed by atoms with Crippen molar-refractivity contribution in [2.45, 2.75) is 33.4 Å². The number of esters is 1. The number of ether oxygens (including phenoxy) is 2. The molecule has 0 radical (unpaired) electrons. The van der Waals surface area contributed by atoms with Crippen LogP contribution in [0.2, 0.25) is 0 Å². The van der Waals surface area contributed by atoms with Gasteiger partial charge in [-0.2, -0.15) is 5.10 Å². The van der Waals surface area contributed by atoms with E-state index in [1.54, 1.807) is 17.8 Å². The molecule has 1 N–H and O–H groups in total. The molecule has 1 unspecified atom stereocenters. The van der Waals surface area contributed by atoms with Crippen molar-refractivity contribution in [1.82, 2.24) is 15.1 Å². The van der Waals surface area contributed by atoms with E-state index in [2.05, 4.69) is 10.4 Å². The highest BCUT2D eigenvalue weighted by atomic mass is 16.5. The van der Waals surface area contributed by atoms with Crippen LogP contribution in [0, 0.1) is 0 Å². The summed E-state index contributed by atoms with van der Waals surface area (Å²) in [6.07, 6.45) is 1.69. The highest BCUT2D eigenvalue weighted by Gasteiger charge is 2.16. The molecule has 0 aliphatic carbocycles. The zero-order chi connectivity index (χ0) is 14.3. The fraction of sp³-hybridized carbons (Fsp3) is 0.692. The molecule has 1 atom stereocenters. The molecule has 0 aliphatic rings. The number of nitrogens with zero attached hydrogens (tertiary/aromatic N) is 2. The molecule has 1 heterocycles. The van der Waals surface area contributed by atoms with Crippen LogP contribution in [0.4, 0.5) is 0 Å². The standard InChI is InChI=1S/C13H23N3O3/c1-5-18-10(3)7-14-9-12-11(8-15-16(12)4)13(17)19-6-2/h8,10,14H,5-7,9H2,1-4H3. The van der Waals surface area contributed by atoms with Gasteiger partial charge in [-0.25, -0.2) is 4.79 Å². The van der Waals surface area contributed by atoms with Crippen molar-refractivity contribution in [3.63, 3.8) is 0 Å². The third-order valence-electron chi connectivity index (χ3n) is 2.73. The van der Waals surface area contributed by atoms with Crippen LogP contribution in [-0.4, -0.2) is 41.6 Å². The zero-order valence-electron chi connectivity index (χ0n) is 12.1. The van der Waals surface area contributed by atoms with Crippen LogP contribution < -0.4 is 5.32 Å². The molecule has 0 fully saturated rings. The molecule has 6 heteroatoms. The minimum absolute atomic E-state index is 0.143. The number of hydrogen-bond donors (Lipinski definition) is 1. The van der Waals surface area contributed by atoms with E-state index in [0.717, 1.165) is 12.2 Å². The number of aryl methyl sites for hydroxylation is 1. The zero-order valence-corrected chi connectivity index (χ0v) is 12.1. The van der Waals surface area contributed by atoms with Gasteiger partial charge < -0.3 is 14.8 Å². The lowest BCUT2D eigenvalue weighted by atomic mass is 10.2. The Morgan fingerprint density at radius 1 is 1.47 bits per heavy atom. The SMILES string of the molecule is CCOC(=O)c1cnn(C)c1CNCC(C)OCC. The van der Waals surface area contributed by atoms with E-state index >= 15 is 0 Å². The van der Waals surface area contributed by atoms with E-state index in [9.17, 15) is 4.79 Å². The average Bonchev–Trinajstić information content (AvgIpc) is 2.72. The van der Waals surface area contributed by atoms with Gasteiger partial charge in [0.1, 0.15) is 5.56 Å². The molecule has 0 aliphatic heterocycles. The quantitative estimate of drug-likeness (QED) is 0.716. The van der Waals surface area contributed by atoms with Crippen LogP contribution in [0.15, 0.2) is 6.20 Å². The summed E-state index contributed by atoms with van der Waals surface area (Å²) in [6, 6.07) is 0. The maximum atomic E-state index is 11.8. The Balaban J connectivity index is 2.57. The fourth-order valence-corrected chi connectivity index (χ4v) is 1.79. The van der Waals surface area contributed by atoms with E-state index in [-0.39, 0.29) is 12.1 Å². The monoisotopic (exact) mass is 269 g/mol. The molecule has 0 aromatic carbocycles. The molecule has 6 nitrogen and oxygen atoms in total. The number of nitrogens with one attached hydrogen (secondary N) is 1. The Morgan fingerprint density at radius 3 is 2.84 bits per heavy atom. The van der Waals surface area contributed by atoms with Crippen molar-refractivity contribution in [2.75, 3.05) is 19.8 Å². The van der Waals surface area contributed by atoms with Crippen molar-refractivity contribution in [2.24, 2.45) is 7.05 Å². The fourth-order valence-electron chi connectivity index (χ4n) is 1.79. The summed E-state index contributed by atoms with van der Waals surface area (Å²) in [5.41, 5.74) is 1.34. The first-order valence-electron chi connectivity index (χ1n) is 6.60. The van der Waals surface area contributed by atoms with Crippen LogP contribution in [0.5, 0.6) is 0 Å².